The van der Waals surface area contributed by atoms with Crippen LogP contribution in [0.3, 0.4) is 0 Å². The van der Waals surface area contributed by atoms with Crippen LogP contribution in [0.25, 0.3) is 11.0 Å². The number of carbonyl (C=O) groups is 2. The van der Waals surface area contributed by atoms with Crippen LogP contribution >= 0.6 is 11.6 Å². The highest BCUT2D eigenvalue weighted by molar-refractivity contribution is 6.31. The third-order valence-corrected chi connectivity index (χ3v) is 3.62. The van der Waals surface area contributed by atoms with Gasteiger partial charge in [0.25, 0.3) is 5.91 Å². The van der Waals surface area contributed by atoms with Crippen LogP contribution < -0.4 is 10.6 Å². The van der Waals surface area contributed by atoms with E-state index < -0.39 is 12.0 Å². The molecule has 0 unspecified atom stereocenters. The molecule has 2 N–H and O–H groups in total. The summed E-state index contributed by atoms with van der Waals surface area (Å²) in [6, 6.07) is 13.7. The molecule has 0 spiro atoms. The first-order chi connectivity index (χ1) is 12.1. The van der Waals surface area contributed by atoms with Gasteiger partial charge < -0.3 is 14.5 Å². The van der Waals surface area contributed by atoms with Crippen LogP contribution in [0.1, 0.15) is 17.5 Å². The van der Waals surface area contributed by atoms with E-state index in [-0.39, 0.29) is 18.1 Å². The van der Waals surface area contributed by atoms with Crippen LogP contribution in [0.2, 0.25) is 5.02 Å². The molecule has 0 aliphatic rings. The smallest absolute Gasteiger partial charge is 0.411 e. The molecule has 0 saturated heterocycles. The maximum atomic E-state index is 12.6. The van der Waals surface area contributed by atoms with E-state index in [9.17, 15) is 9.59 Å². The molecule has 7 heteroatoms. The maximum absolute atomic E-state index is 12.6. The normalized spacial score (nSPS) is 10.5. The van der Waals surface area contributed by atoms with E-state index >= 15 is 0 Å². The van der Waals surface area contributed by atoms with Crippen molar-refractivity contribution in [2.75, 3.05) is 17.2 Å². The molecule has 0 fully saturated rings. The molecular formula is C18H15ClN2O4. The predicted octanol–water partition coefficient (Wildman–Crippen LogP) is 4.91. The van der Waals surface area contributed by atoms with Gasteiger partial charge in [-0.2, -0.15) is 0 Å². The summed E-state index contributed by atoms with van der Waals surface area (Å²) in [6.07, 6.45) is -0.661. The average molecular weight is 359 g/mol. The molecule has 3 aromatic rings. The molecule has 3 rings (SSSR count). The maximum Gasteiger partial charge on any atom is 0.411 e. The van der Waals surface area contributed by atoms with E-state index in [1.54, 1.807) is 55.5 Å². The molecule has 0 radical (unpaired) electrons. The van der Waals surface area contributed by atoms with Crippen molar-refractivity contribution in [3.63, 3.8) is 0 Å². The fourth-order valence-corrected chi connectivity index (χ4v) is 2.54. The molecule has 6 nitrogen and oxygen atoms in total. The number of ether oxygens (including phenoxy) is 1. The summed E-state index contributed by atoms with van der Waals surface area (Å²) in [7, 11) is 0. The van der Waals surface area contributed by atoms with Gasteiger partial charge in [0.15, 0.2) is 0 Å². The number of hydrogen-bond donors (Lipinski definition) is 2. The fourth-order valence-electron chi connectivity index (χ4n) is 2.35. The zero-order valence-electron chi connectivity index (χ0n) is 13.3. The molecule has 0 aliphatic carbocycles. The number of amides is 2. The van der Waals surface area contributed by atoms with Crippen molar-refractivity contribution in [2.24, 2.45) is 0 Å². The molecule has 1 heterocycles. The van der Waals surface area contributed by atoms with Crippen molar-refractivity contribution in [3.05, 3.63) is 59.3 Å². The quantitative estimate of drug-likeness (QED) is 0.694. The highest BCUT2D eigenvalue weighted by atomic mass is 35.5. The molecule has 128 valence electrons. The van der Waals surface area contributed by atoms with Crippen molar-refractivity contribution >= 4 is 45.9 Å². The van der Waals surface area contributed by atoms with Crippen molar-refractivity contribution in [1.29, 1.82) is 0 Å². The van der Waals surface area contributed by atoms with Crippen LogP contribution in [0.4, 0.5) is 16.2 Å². The van der Waals surface area contributed by atoms with Crippen LogP contribution in [-0.2, 0) is 4.74 Å². The second-order valence-electron chi connectivity index (χ2n) is 5.11. The summed E-state index contributed by atoms with van der Waals surface area (Å²) in [5.74, 6) is -0.528. The van der Waals surface area contributed by atoms with Crippen LogP contribution in [0.15, 0.2) is 52.9 Å². The van der Waals surface area contributed by atoms with Crippen molar-refractivity contribution in [3.8, 4) is 0 Å². The molecule has 0 bridgehead atoms. The van der Waals surface area contributed by atoms with Crippen LogP contribution in [-0.4, -0.2) is 18.6 Å². The van der Waals surface area contributed by atoms with Gasteiger partial charge in [-0.1, -0.05) is 29.8 Å². The van der Waals surface area contributed by atoms with E-state index in [0.717, 1.165) is 0 Å². The van der Waals surface area contributed by atoms with Crippen molar-refractivity contribution < 1.29 is 18.7 Å². The Morgan fingerprint density at radius 1 is 1.12 bits per heavy atom. The van der Waals surface area contributed by atoms with Gasteiger partial charge in [0.2, 0.25) is 5.76 Å². The first-order valence-corrected chi connectivity index (χ1v) is 7.98. The standard InChI is InChI=1S/C18H15ClN2O4/c1-2-24-18(23)21-15-13-8-3-4-9-14(13)25-16(15)17(22)20-12-7-5-6-11(19)10-12/h3-10H,2H2,1H3,(H,20,22)(H,21,23). The van der Waals surface area contributed by atoms with E-state index in [0.29, 0.717) is 21.7 Å². The Morgan fingerprint density at radius 3 is 2.68 bits per heavy atom. The van der Waals surface area contributed by atoms with Crippen LogP contribution in [0, 0.1) is 0 Å². The number of hydrogen-bond acceptors (Lipinski definition) is 4. The van der Waals surface area contributed by atoms with Crippen molar-refractivity contribution in [2.45, 2.75) is 6.92 Å². The van der Waals surface area contributed by atoms with Gasteiger partial charge in [0.05, 0.1) is 6.61 Å². The topological polar surface area (TPSA) is 80.6 Å². The van der Waals surface area contributed by atoms with Gasteiger partial charge in [-0.3, -0.25) is 10.1 Å². The van der Waals surface area contributed by atoms with Crippen LogP contribution in [0.5, 0.6) is 0 Å². The zero-order valence-corrected chi connectivity index (χ0v) is 14.1. The lowest BCUT2D eigenvalue weighted by Gasteiger charge is -2.07. The number of para-hydroxylation sites is 1. The number of halogens is 1. The minimum Gasteiger partial charge on any atom is -0.450 e. The highest BCUT2D eigenvalue weighted by Gasteiger charge is 2.22. The largest absolute Gasteiger partial charge is 0.450 e. The second kappa shape index (κ2) is 7.27. The Morgan fingerprint density at radius 2 is 1.92 bits per heavy atom. The summed E-state index contributed by atoms with van der Waals surface area (Å²) in [6.45, 7) is 1.91. The Bertz CT molecular complexity index is 936. The molecular weight excluding hydrogens is 344 g/mol. The molecule has 25 heavy (non-hydrogen) atoms. The molecule has 2 amide bonds. The Hall–Kier alpha value is -2.99. The third kappa shape index (κ3) is 3.75. The molecule has 1 aromatic heterocycles. The SMILES string of the molecule is CCOC(=O)Nc1c(C(=O)Nc2cccc(Cl)c2)oc2ccccc12. The number of nitrogens with one attached hydrogen (secondary N) is 2. The summed E-state index contributed by atoms with van der Waals surface area (Å²) >= 11 is 5.93. The lowest BCUT2D eigenvalue weighted by atomic mass is 10.2. The Balaban J connectivity index is 1.96. The monoisotopic (exact) mass is 358 g/mol. The zero-order chi connectivity index (χ0) is 17.8. The van der Waals surface area contributed by atoms with Crippen molar-refractivity contribution in [1.82, 2.24) is 0 Å². The number of carbonyl (C=O) groups excluding carboxylic acids is 2. The van der Waals surface area contributed by atoms with E-state index in [1.165, 1.54) is 0 Å². The summed E-state index contributed by atoms with van der Waals surface area (Å²) in [5.41, 5.74) is 1.25. The first kappa shape index (κ1) is 16.9. The number of benzene rings is 2. The molecule has 0 aliphatic heterocycles. The summed E-state index contributed by atoms with van der Waals surface area (Å²) in [5, 5.41) is 6.36. The van der Waals surface area contributed by atoms with Gasteiger partial charge in [-0.15, -0.1) is 0 Å². The number of rotatable bonds is 4. The number of furan rings is 1. The van der Waals surface area contributed by atoms with Gasteiger partial charge >= 0.3 is 6.09 Å². The first-order valence-electron chi connectivity index (χ1n) is 7.60. The van der Waals surface area contributed by atoms with Gasteiger partial charge in [0.1, 0.15) is 11.3 Å². The minimum atomic E-state index is -0.661. The minimum absolute atomic E-state index is 0.0192. The van der Waals surface area contributed by atoms with E-state index in [1.807, 2.05) is 0 Å². The number of anilines is 2. The Kier molecular flexibility index (Phi) is 4.90. The summed E-state index contributed by atoms with van der Waals surface area (Å²) in [4.78, 5) is 24.4. The lowest BCUT2D eigenvalue weighted by molar-refractivity contribution is 0.1000. The molecule has 0 atom stereocenters. The van der Waals surface area contributed by atoms with Gasteiger partial charge in [-0.25, -0.2) is 4.79 Å². The second-order valence-corrected chi connectivity index (χ2v) is 5.55. The van der Waals surface area contributed by atoms with Gasteiger partial charge in [0, 0.05) is 16.1 Å². The predicted molar refractivity (Wildman–Crippen MR) is 96.3 cm³/mol. The fraction of sp³-hybridized carbons (Fsp3) is 0.111. The Labute approximate surface area is 148 Å². The number of fused-ring (bicyclic) bond motifs is 1. The third-order valence-electron chi connectivity index (χ3n) is 3.39. The van der Waals surface area contributed by atoms with E-state index in [2.05, 4.69) is 10.6 Å². The van der Waals surface area contributed by atoms with Gasteiger partial charge in [-0.05, 0) is 37.3 Å². The molecule has 2 aromatic carbocycles. The van der Waals surface area contributed by atoms with E-state index in [4.69, 9.17) is 20.8 Å². The average Bonchev–Trinajstić information content (AvgIpc) is 2.94. The summed E-state index contributed by atoms with van der Waals surface area (Å²) < 4.78 is 10.5. The molecule has 0 saturated carbocycles. The highest BCUT2D eigenvalue weighted by Crippen LogP contribution is 2.31. The lowest BCUT2D eigenvalue weighted by Crippen LogP contribution is -2.17.